The number of aryl methyl sites for hydroxylation is 2. The Morgan fingerprint density at radius 3 is 3.09 bits per heavy atom. The molecule has 2 aromatic rings. The van der Waals surface area contributed by atoms with E-state index in [1.807, 2.05) is 11.3 Å². The smallest absolute Gasteiger partial charge is 0.195 e. The summed E-state index contributed by atoms with van der Waals surface area (Å²) in [5.41, 5.74) is 1.52. The van der Waals surface area contributed by atoms with Crippen molar-refractivity contribution in [3.63, 3.8) is 0 Å². The van der Waals surface area contributed by atoms with E-state index in [-0.39, 0.29) is 6.10 Å². The lowest BCUT2D eigenvalue weighted by Crippen LogP contribution is -2.15. The standard InChI is InChI=1S/C16H21N3OS2/c21-16-18-17-15(19(16)10-12-6-4-8-20-12)14-9-11-5-2-1-3-7-13(11)22-14/h9,12H,1-8,10H2,(H,18,21)/t12-/m0/s1. The Kier molecular flexibility index (Phi) is 4.15. The fourth-order valence-electron chi connectivity index (χ4n) is 3.44. The number of nitrogens with zero attached hydrogens (tertiary/aromatic N) is 2. The van der Waals surface area contributed by atoms with Crippen molar-refractivity contribution in [3.05, 3.63) is 21.3 Å². The maximum Gasteiger partial charge on any atom is 0.195 e. The molecule has 1 N–H and O–H groups in total. The number of rotatable bonds is 3. The summed E-state index contributed by atoms with van der Waals surface area (Å²) >= 11 is 7.33. The van der Waals surface area contributed by atoms with Crippen LogP contribution in [0.1, 0.15) is 42.5 Å². The Hall–Kier alpha value is -0.980. The molecule has 4 rings (SSSR count). The lowest BCUT2D eigenvalue weighted by molar-refractivity contribution is 0.0970. The number of ether oxygens (including phenoxy) is 1. The maximum absolute atomic E-state index is 5.76. The fourth-order valence-corrected chi connectivity index (χ4v) is 4.90. The predicted octanol–water partition coefficient (Wildman–Crippen LogP) is 4.12. The summed E-state index contributed by atoms with van der Waals surface area (Å²) in [6.45, 7) is 1.69. The summed E-state index contributed by atoms with van der Waals surface area (Å²) in [6.07, 6.45) is 8.96. The summed E-state index contributed by atoms with van der Waals surface area (Å²) in [4.78, 5) is 2.79. The molecule has 1 aliphatic heterocycles. The Bertz CT molecular complexity index is 686. The number of hydrogen-bond donors (Lipinski definition) is 1. The molecule has 118 valence electrons. The second kappa shape index (κ2) is 6.26. The Morgan fingerprint density at radius 1 is 1.32 bits per heavy atom. The van der Waals surface area contributed by atoms with E-state index in [4.69, 9.17) is 17.0 Å². The second-order valence-electron chi connectivity index (χ2n) is 6.22. The van der Waals surface area contributed by atoms with Crippen LogP contribution in [0.25, 0.3) is 10.7 Å². The zero-order valence-corrected chi connectivity index (χ0v) is 14.3. The molecule has 0 spiro atoms. The van der Waals surface area contributed by atoms with Gasteiger partial charge in [-0.25, -0.2) is 0 Å². The monoisotopic (exact) mass is 335 g/mol. The highest BCUT2D eigenvalue weighted by Gasteiger charge is 2.21. The van der Waals surface area contributed by atoms with Crippen LogP contribution in [0.15, 0.2) is 6.07 Å². The minimum atomic E-state index is 0.279. The van der Waals surface area contributed by atoms with Crippen LogP contribution in [0.5, 0.6) is 0 Å². The van der Waals surface area contributed by atoms with Gasteiger partial charge >= 0.3 is 0 Å². The SMILES string of the molecule is S=c1[nH]nc(-c2cc3c(s2)CCCCC3)n1C[C@@H]1CCCO1. The van der Waals surface area contributed by atoms with Crippen LogP contribution < -0.4 is 0 Å². The van der Waals surface area contributed by atoms with E-state index in [2.05, 4.69) is 20.8 Å². The lowest BCUT2D eigenvalue weighted by Gasteiger charge is -2.11. The highest BCUT2D eigenvalue weighted by atomic mass is 32.1. The molecule has 22 heavy (non-hydrogen) atoms. The molecule has 0 unspecified atom stereocenters. The number of thiophene rings is 1. The van der Waals surface area contributed by atoms with E-state index in [0.29, 0.717) is 4.77 Å². The van der Waals surface area contributed by atoms with Crippen molar-refractivity contribution in [2.24, 2.45) is 0 Å². The van der Waals surface area contributed by atoms with Gasteiger partial charge in [0.05, 0.1) is 17.5 Å². The van der Waals surface area contributed by atoms with Crippen LogP contribution >= 0.6 is 23.6 Å². The normalized spacial score (nSPS) is 21.7. The molecule has 3 heterocycles. The van der Waals surface area contributed by atoms with Crippen molar-refractivity contribution < 1.29 is 4.74 Å². The van der Waals surface area contributed by atoms with Crippen LogP contribution in [0.4, 0.5) is 0 Å². The van der Waals surface area contributed by atoms with Crippen molar-refractivity contribution in [1.82, 2.24) is 14.8 Å². The largest absolute Gasteiger partial charge is 0.376 e. The van der Waals surface area contributed by atoms with Crippen LogP contribution in [0.2, 0.25) is 0 Å². The molecule has 0 aromatic carbocycles. The predicted molar refractivity (Wildman–Crippen MR) is 91.0 cm³/mol. The number of fused-ring (bicyclic) bond motifs is 1. The number of hydrogen-bond acceptors (Lipinski definition) is 4. The number of aromatic nitrogens is 3. The lowest BCUT2D eigenvalue weighted by atomic mass is 10.1. The first-order chi connectivity index (χ1) is 10.8. The van der Waals surface area contributed by atoms with Crippen molar-refractivity contribution in [2.75, 3.05) is 6.61 Å². The molecule has 2 aliphatic rings. The molecular weight excluding hydrogens is 314 g/mol. The zero-order chi connectivity index (χ0) is 14.9. The molecule has 0 saturated carbocycles. The molecule has 0 radical (unpaired) electrons. The summed E-state index contributed by atoms with van der Waals surface area (Å²) in [6, 6.07) is 2.34. The average molecular weight is 335 g/mol. The van der Waals surface area contributed by atoms with Gasteiger partial charge in [0.2, 0.25) is 0 Å². The molecule has 4 nitrogen and oxygen atoms in total. The second-order valence-corrected chi connectivity index (χ2v) is 7.74. The van der Waals surface area contributed by atoms with Gasteiger partial charge in [0.25, 0.3) is 0 Å². The van der Waals surface area contributed by atoms with Crippen LogP contribution in [0.3, 0.4) is 0 Å². The van der Waals surface area contributed by atoms with Gasteiger partial charge in [0.15, 0.2) is 10.6 Å². The Balaban J connectivity index is 1.66. The molecule has 1 saturated heterocycles. The van der Waals surface area contributed by atoms with E-state index in [1.54, 1.807) is 4.88 Å². The van der Waals surface area contributed by atoms with Gasteiger partial charge in [-0.3, -0.25) is 9.67 Å². The quantitative estimate of drug-likeness (QED) is 0.678. The first-order valence-corrected chi connectivity index (χ1v) is 9.42. The summed E-state index contributed by atoms with van der Waals surface area (Å²) in [7, 11) is 0. The molecule has 1 fully saturated rings. The van der Waals surface area contributed by atoms with Crippen molar-refractivity contribution in [2.45, 2.75) is 57.6 Å². The van der Waals surface area contributed by atoms with Gasteiger partial charge < -0.3 is 4.74 Å². The van der Waals surface area contributed by atoms with Gasteiger partial charge in [0, 0.05) is 11.5 Å². The van der Waals surface area contributed by atoms with E-state index in [9.17, 15) is 0 Å². The van der Waals surface area contributed by atoms with Gasteiger partial charge in [-0.05, 0) is 62.4 Å². The third kappa shape index (κ3) is 2.79. The maximum atomic E-state index is 5.76. The fraction of sp³-hybridized carbons (Fsp3) is 0.625. The van der Waals surface area contributed by atoms with Gasteiger partial charge in [-0.15, -0.1) is 11.3 Å². The third-order valence-corrected chi connectivity index (χ3v) is 6.18. The minimum Gasteiger partial charge on any atom is -0.376 e. The van der Waals surface area contributed by atoms with Crippen LogP contribution in [0, 0.1) is 4.77 Å². The molecule has 1 aliphatic carbocycles. The van der Waals surface area contributed by atoms with Gasteiger partial charge in [-0.1, -0.05) is 6.42 Å². The topological polar surface area (TPSA) is 42.8 Å². The molecule has 0 bridgehead atoms. The van der Waals surface area contributed by atoms with Crippen molar-refractivity contribution in [1.29, 1.82) is 0 Å². The number of nitrogens with one attached hydrogen (secondary N) is 1. The first-order valence-electron chi connectivity index (χ1n) is 8.20. The molecule has 6 heteroatoms. The molecule has 1 atom stereocenters. The summed E-state index contributed by atoms with van der Waals surface area (Å²) < 4.78 is 8.59. The average Bonchev–Trinajstić information content (AvgIpc) is 3.20. The van der Waals surface area contributed by atoms with E-state index in [0.717, 1.165) is 31.8 Å². The van der Waals surface area contributed by atoms with Crippen molar-refractivity contribution in [3.8, 4) is 10.7 Å². The number of H-pyrrole nitrogens is 1. The van der Waals surface area contributed by atoms with Gasteiger partial charge in [-0.2, -0.15) is 5.10 Å². The molecule has 2 aromatic heterocycles. The zero-order valence-electron chi connectivity index (χ0n) is 12.6. The first kappa shape index (κ1) is 14.6. The van der Waals surface area contributed by atoms with E-state index in [1.165, 1.54) is 42.5 Å². The Labute approximate surface area is 139 Å². The van der Waals surface area contributed by atoms with Gasteiger partial charge in [0.1, 0.15) is 0 Å². The van der Waals surface area contributed by atoms with Crippen LogP contribution in [-0.2, 0) is 24.1 Å². The minimum absolute atomic E-state index is 0.279. The molecular formula is C16H21N3OS2. The summed E-state index contributed by atoms with van der Waals surface area (Å²) in [5, 5.41) is 7.46. The summed E-state index contributed by atoms with van der Waals surface area (Å²) in [5.74, 6) is 0.985. The van der Waals surface area contributed by atoms with Crippen LogP contribution in [-0.4, -0.2) is 27.5 Å². The third-order valence-electron chi connectivity index (χ3n) is 4.64. The highest BCUT2D eigenvalue weighted by molar-refractivity contribution is 7.71. The Morgan fingerprint density at radius 2 is 2.23 bits per heavy atom. The molecule has 0 amide bonds. The highest BCUT2D eigenvalue weighted by Crippen LogP contribution is 2.34. The van der Waals surface area contributed by atoms with E-state index < -0.39 is 0 Å². The number of aromatic amines is 1. The van der Waals surface area contributed by atoms with E-state index >= 15 is 0 Å². The van der Waals surface area contributed by atoms with Crippen molar-refractivity contribution >= 4 is 23.6 Å².